The zero-order valence-corrected chi connectivity index (χ0v) is 12.9. The molecule has 0 radical (unpaired) electrons. The first-order valence-corrected chi connectivity index (χ1v) is 7.90. The van der Waals surface area contributed by atoms with Gasteiger partial charge in [0.05, 0.1) is 16.4 Å². The third kappa shape index (κ3) is 3.19. The molecule has 2 nitrogen and oxygen atoms in total. The molecular weight excluding hydrogens is 276 g/mol. The fourth-order valence-electron chi connectivity index (χ4n) is 2.37. The van der Waals surface area contributed by atoms with Crippen LogP contribution < -0.4 is 4.31 Å². The van der Waals surface area contributed by atoms with Gasteiger partial charge >= 0.3 is 0 Å². The monoisotopic (exact) mass is 294 g/mol. The first-order chi connectivity index (χ1) is 10.4. The second kappa shape index (κ2) is 6.64. The number of para-hydroxylation sites is 1. The Kier molecular flexibility index (Phi) is 4.41. The van der Waals surface area contributed by atoms with Gasteiger partial charge < -0.3 is 0 Å². The van der Waals surface area contributed by atoms with Gasteiger partial charge in [0.15, 0.2) is 0 Å². The van der Waals surface area contributed by atoms with Gasteiger partial charge in [0.2, 0.25) is 0 Å². The number of rotatable bonds is 2. The Hall–Kier alpha value is -2.00. The molecule has 0 bridgehead atoms. The Morgan fingerprint density at radius 3 is 2.29 bits per heavy atom. The Labute approximate surface area is 130 Å². The van der Waals surface area contributed by atoms with E-state index in [1.807, 2.05) is 13.1 Å². The van der Waals surface area contributed by atoms with Crippen LogP contribution in [0.5, 0.6) is 0 Å². The Morgan fingerprint density at radius 1 is 0.952 bits per heavy atom. The zero-order valence-electron chi connectivity index (χ0n) is 12.1. The van der Waals surface area contributed by atoms with Crippen molar-refractivity contribution in [2.75, 3.05) is 11.4 Å². The first kappa shape index (κ1) is 14.0. The summed E-state index contributed by atoms with van der Waals surface area (Å²) >= 11 is 1.72. The van der Waals surface area contributed by atoms with Crippen LogP contribution in [0.2, 0.25) is 0 Å². The van der Waals surface area contributed by atoms with Crippen molar-refractivity contribution in [3.63, 3.8) is 0 Å². The number of hydrogen-bond acceptors (Lipinski definition) is 3. The molecule has 1 aliphatic rings. The van der Waals surface area contributed by atoms with Crippen molar-refractivity contribution in [3.05, 3.63) is 72.3 Å². The van der Waals surface area contributed by atoms with Gasteiger partial charge in [0.1, 0.15) is 0 Å². The molecule has 0 spiro atoms. The molecule has 2 aromatic rings. The minimum Gasteiger partial charge on any atom is -0.284 e. The van der Waals surface area contributed by atoms with E-state index in [0.29, 0.717) is 0 Å². The van der Waals surface area contributed by atoms with E-state index >= 15 is 0 Å². The zero-order chi connectivity index (χ0) is 14.5. The number of hydrogen-bond donors (Lipinski definition) is 0. The van der Waals surface area contributed by atoms with Crippen LogP contribution in [0.4, 0.5) is 5.69 Å². The molecule has 2 aromatic carbocycles. The lowest BCUT2D eigenvalue weighted by molar-refractivity contribution is 1.11. The second-order valence-corrected chi connectivity index (χ2v) is 5.85. The molecule has 3 rings (SSSR count). The minimum absolute atomic E-state index is 1.00. The molecule has 106 valence electrons. The highest BCUT2D eigenvalue weighted by Gasteiger charge is 2.19. The van der Waals surface area contributed by atoms with Gasteiger partial charge in [0, 0.05) is 25.4 Å². The average molecular weight is 294 g/mol. The second-order valence-electron chi connectivity index (χ2n) is 4.83. The molecule has 0 aromatic heterocycles. The van der Waals surface area contributed by atoms with Crippen molar-refractivity contribution in [1.82, 2.24) is 0 Å². The van der Waals surface area contributed by atoms with Crippen LogP contribution in [-0.4, -0.2) is 12.1 Å². The molecule has 0 aliphatic carbocycles. The van der Waals surface area contributed by atoms with Crippen LogP contribution in [0, 0.1) is 0 Å². The fraction of sp³-hybridized carbons (Fsp3) is 0.167. The standard InChI is InChI=1S/C18H18N2S/c1-19-18-14-8-13-17(15-9-4-2-5-10-15)20(21-18)16-11-6-3-7-12-16/h2-7,9-13H,8,14H2,1H3. The maximum absolute atomic E-state index is 4.42. The molecule has 1 heterocycles. The first-order valence-electron chi connectivity index (χ1n) is 7.13. The van der Waals surface area contributed by atoms with Gasteiger partial charge in [-0.15, -0.1) is 0 Å². The van der Waals surface area contributed by atoms with Gasteiger partial charge in [-0.05, 0) is 24.1 Å². The van der Waals surface area contributed by atoms with Crippen molar-refractivity contribution in [2.24, 2.45) is 4.99 Å². The van der Waals surface area contributed by atoms with Crippen LogP contribution in [0.3, 0.4) is 0 Å². The van der Waals surface area contributed by atoms with Crippen LogP contribution in [0.1, 0.15) is 18.4 Å². The minimum atomic E-state index is 1.00. The lowest BCUT2D eigenvalue weighted by Gasteiger charge is -2.25. The summed E-state index contributed by atoms with van der Waals surface area (Å²) in [6, 6.07) is 21.0. The number of anilines is 1. The Balaban J connectivity index is 2.04. The summed E-state index contributed by atoms with van der Waals surface area (Å²) in [6.45, 7) is 0. The van der Waals surface area contributed by atoms with Crippen LogP contribution in [0.25, 0.3) is 5.70 Å². The Morgan fingerprint density at radius 2 is 1.62 bits per heavy atom. The van der Waals surface area contributed by atoms with E-state index in [0.717, 1.165) is 12.8 Å². The fourth-order valence-corrected chi connectivity index (χ4v) is 3.37. The van der Waals surface area contributed by atoms with E-state index in [-0.39, 0.29) is 0 Å². The molecule has 21 heavy (non-hydrogen) atoms. The lowest BCUT2D eigenvalue weighted by Crippen LogP contribution is -2.14. The average Bonchev–Trinajstić information content (AvgIpc) is 2.79. The predicted octanol–water partition coefficient (Wildman–Crippen LogP) is 5.00. The molecule has 3 heteroatoms. The van der Waals surface area contributed by atoms with E-state index < -0.39 is 0 Å². The number of aliphatic imine (C=N–C) groups is 1. The molecule has 0 atom stereocenters. The highest BCUT2D eigenvalue weighted by molar-refractivity contribution is 8.15. The van der Waals surface area contributed by atoms with Crippen molar-refractivity contribution < 1.29 is 0 Å². The van der Waals surface area contributed by atoms with Crippen molar-refractivity contribution in [3.8, 4) is 0 Å². The van der Waals surface area contributed by atoms with Crippen LogP contribution in [-0.2, 0) is 0 Å². The molecule has 0 N–H and O–H groups in total. The third-order valence-electron chi connectivity index (χ3n) is 3.42. The molecular formula is C18H18N2S. The van der Waals surface area contributed by atoms with Crippen LogP contribution in [0.15, 0.2) is 71.7 Å². The summed E-state index contributed by atoms with van der Waals surface area (Å²) in [5.74, 6) is 0. The summed E-state index contributed by atoms with van der Waals surface area (Å²) in [6.07, 6.45) is 4.33. The van der Waals surface area contributed by atoms with Crippen molar-refractivity contribution in [2.45, 2.75) is 12.8 Å². The maximum Gasteiger partial charge on any atom is 0.0888 e. The summed E-state index contributed by atoms with van der Waals surface area (Å²) in [7, 11) is 1.87. The molecule has 1 aliphatic heterocycles. The smallest absolute Gasteiger partial charge is 0.0888 e. The largest absolute Gasteiger partial charge is 0.284 e. The van der Waals surface area contributed by atoms with E-state index in [4.69, 9.17) is 0 Å². The topological polar surface area (TPSA) is 15.6 Å². The number of nitrogens with zero attached hydrogens (tertiary/aromatic N) is 2. The summed E-state index contributed by atoms with van der Waals surface area (Å²) in [5.41, 5.74) is 3.66. The molecule has 0 saturated carbocycles. The summed E-state index contributed by atoms with van der Waals surface area (Å²) < 4.78 is 2.28. The van der Waals surface area contributed by atoms with E-state index in [1.165, 1.54) is 22.0 Å². The molecule has 0 saturated heterocycles. The van der Waals surface area contributed by atoms with Gasteiger partial charge in [0.25, 0.3) is 0 Å². The lowest BCUT2D eigenvalue weighted by atomic mass is 10.1. The summed E-state index contributed by atoms with van der Waals surface area (Å²) in [4.78, 5) is 4.42. The van der Waals surface area contributed by atoms with Gasteiger partial charge in [-0.1, -0.05) is 54.6 Å². The van der Waals surface area contributed by atoms with Crippen molar-refractivity contribution >= 4 is 28.4 Å². The number of benzene rings is 2. The SMILES string of the molecule is CN=C1CCC=C(c2ccccc2)N(c2ccccc2)S1. The van der Waals surface area contributed by atoms with Crippen molar-refractivity contribution in [1.29, 1.82) is 0 Å². The van der Waals surface area contributed by atoms with Gasteiger partial charge in [-0.25, -0.2) is 0 Å². The predicted molar refractivity (Wildman–Crippen MR) is 93.5 cm³/mol. The van der Waals surface area contributed by atoms with Gasteiger partial charge in [-0.3, -0.25) is 9.30 Å². The van der Waals surface area contributed by atoms with E-state index in [9.17, 15) is 0 Å². The highest BCUT2D eigenvalue weighted by atomic mass is 32.2. The quantitative estimate of drug-likeness (QED) is 0.724. The maximum atomic E-state index is 4.42. The normalized spacial score (nSPS) is 17.5. The van der Waals surface area contributed by atoms with Gasteiger partial charge in [-0.2, -0.15) is 0 Å². The highest BCUT2D eigenvalue weighted by Crippen LogP contribution is 2.36. The van der Waals surface area contributed by atoms with E-state index in [2.05, 4.69) is 70.0 Å². The van der Waals surface area contributed by atoms with E-state index in [1.54, 1.807) is 11.9 Å². The molecule has 0 amide bonds. The molecule has 0 fully saturated rings. The van der Waals surface area contributed by atoms with Crippen LogP contribution >= 0.6 is 11.9 Å². The number of allylic oxidation sites excluding steroid dienone is 1. The summed E-state index contributed by atoms with van der Waals surface area (Å²) in [5, 5.41) is 1.17. The third-order valence-corrected chi connectivity index (χ3v) is 4.61. The molecule has 0 unspecified atom stereocenters. The Bertz CT molecular complexity index is 647.